The van der Waals surface area contributed by atoms with E-state index < -0.39 is 30.8 Å². The van der Waals surface area contributed by atoms with Crippen LogP contribution in [0.15, 0.2) is 0 Å². The third-order valence-corrected chi connectivity index (χ3v) is 2.07. The van der Waals surface area contributed by atoms with Crippen molar-refractivity contribution < 1.29 is 13.6 Å². The molecule has 78 valence electrons. The van der Waals surface area contributed by atoms with Gasteiger partial charge < -0.3 is 10.2 Å². The molecule has 1 aliphatic heterocycles. The van der Waals surface area contributed by atoms with Crippen LogP contribution < -0.4 is 5.32 Å². The van der Waals surface area contributed by atoms with Gasteiger partial charge in [-0.15, -0.1) is 0 Å². The second-order valence-corrected chi connectivity index (χ2v) is 3.26. The number of amides is 1. The number of hydrogen-bond acceptors (Lipinski definition) is 3. The number of nitrogens with zero attached hydrogens (tertiary/aromatic N) is 2. The fraction of sp³-hybridized carbons (Fsp3) is 0.750. The standard InChI is InChI=1S/C8H11F2N3O/c1-12-4-7(14)13-5-8(9,10)2-6(13)3-11/h6,12H,2,4-5H2,1H3. The van der Waals surface area contributed by atoms with Crippen LogP contribution >= 0.6 is 0 Å². The normalized spacial score (nSPS) is 24.7. The van der Waals surface area contributed by atoms with Gasteiger partial charge in [0.15, 0.2) is 0 Å². The van der Waals surface area contributed by atoms with Crippen molar-refractivity contribution in [2.24, 2.45) is 0 Å². The van der Waals surface area contributed by atoms with Crippen LogP contribution in [0.4, 0.5) is 8.78 Å². The highest BCUT2D eigenvalue weighted by atomic mass is 19.3. The van der Waals surface area contributed by atoms with Crippen LogP contribution in [-0.2, 0) is 4.79 Å². The molecule has 1 N–H and O–H groups in total. The number of rotatable bonds is 2. The first-order chi connectivity index (χ1) is 6.50. The molecule has 0 aromatic carbocycles. The molecular weight excluding hydrogens is 192 g/mol. The maximum Gasteiger partial charge on any atom is 0.268 e. The third-order valence-electron chi connectivity index (χ3n) is 2.07. The molecule has 1 fully saturated rings. The summed E-state index contributed by atoms with van der Waals surface area (Å²) in [6, 6.07) is 0.712. The Labute approximate surface area is 80.5 Å². The van der Waals surface area contributed by atoms with Gasteiger partial charge in [-0.1, -0.05) is 0 Å². The summed E-state index contributed by atoms with van der Waals surface area (Å²) in [6.07, 6.45) is -0.557. The molecule has 1 atom stereocenters. The summed E-state index contributed by atoms with van der Waals surface area (Å²) in [7, 11) is 1.55. The average Bonchev–Trinajstić information content (AvgIpc) is 2.41. The Morgan fingerprint density at radius 1 is 1.79 bits per heavy atom. The maximum absolute atomic E-state index is 12.9. The lowest BCUT2D eigenvalue weighted by Crippen LogP contribution is -2.40. The summed E-state index contributed by atoms with van der Waals surface area (Å²) >= 11 is 0. The van der Waals surface area contributed by atoms with Crippen LogP contribution in [0.1, 0.15) is 6.42 Å². The number of likely N-dealkylation sites (N-methyl/N-ethyl adjacent to an activating group) is 1. The smallest absolute Gasteiger partial charge is 0.268 e. The molecule has 0 aliphatic carbocycles. The lowest BCUT2D eigenvalue weighted by atomic mass is 10.2. The van der Waals surface area contributed by atoms with E-state index in [9.17, 15) is 13.6 Å². The van der Waals surface area contributed by atoms with Crippen LogP contribution in [0.25, 0.3) is 0 Å². The van der Waals surface area contributed by atoms with Crippen molar-refractivity contribution in [3.8, 4) is 6.07 Å². The van der Waals surface area contributed by atoms with E-state index in [0.29, 0.717) is 0 Å². The quantitative estimate of drug-likeness (QED) is 0.685. The average molecular weight is 203 g/mol. The molecule has 0 bridgehead atoms. The molecule has 0 radical (unpaired) electrons. The Bertz CT molecular complexity index is 274. The number of halogens is 2. The van der Waals surface area contributed by atoms with Crippen molar-refractivity contribution in [1.29, 1.82) is 5.26 Å². The van der Waals surface area contributed by atoms with E-state index in [1.807, 2.05) is 0 Å². The Morgan fingerprint density at radius 2 is 2.43 bits per heavy atom. The van der Waals surface area contributed by atoms with E-state index in [-0.39, 0.29) is 6.54 Å². The van der Waals surface area contributed by atoms with Gasteiger partial charge in [-0.25, -0.2) is 8.78 Å². The Kier molecular flexibility index (Phi) is 3.01. The molecule has 0 saturated carbocycles. The van der Waals surface area contributed by atoms with Crippen LogP contribution in [0.2, 0.25) is 0 Å². The van der Waals surface area contributed by atoms with E-state index in [4.69, 9.17) is 5.26 Å². The Morgan fingerprint density at radius 3 is 2.93 bits per heavy atom. The SMILES string of the molecule is CNCC(=O)N1CC(F)(F)CC1C#N. The van der Waals surface area contributed by atoms with Crippen LogP contribution in [0, 0.1) is 11.3 Å². The summed E-state index contributed by atoms with van der Waals surface area (Å²) in [4.78, 5) is 12.2. The van der Waals surface area contributed by atoms with Gasteiger partial charge in [-0.05, 0) is 7.05 Å². The number of carbonyl (C=O) groups excluding carboxylic acids is 1. The molecule has 1 rings (SSSR count). The minimum atomic E-state index is -2.93. The van der Waals surface area contributed by atoms with Crippen molar-refractivity contribution in [3.63, 3.8) is 0 Å². The zero-order valence-corrected chi connectivity index (χ0v) is 7.76. The van der Waals surface area contributed by atoms with Crippen LogP contribution in [0.5, 0.6) is 0 Å². The second kappa shape index (κ2) is 3.88. The summed E-state index contributed by atoms with van der Waals surface area (Å²) in [6.45, 7) is -0.667. The summed E-state index contributed by atoms with van der Waals surface area (Å²) < 4.78 is 25.7. The number of likely N-dealkylation sites (tertiary alicyclic amines) is 1. The highest BCUT2D eigenvalue weighted by Gasteiger charge is 2.46. The topological polar surface area (TPSA) is 56.1 Å². The summed E-state index contributed by atoms with van der Waals surface area (Å²) in [5.74, 6) is -3.39. The second-order valence-electron chi connectivity index (χ2n) is 3.26. The molecule has 6 heteroatoms. The highest BCUT2D eigenvalue weighted by Crippen LogP contribution is 2.31. The van der Waals surface area contributed by atoms with Gasteiger partial charge in [0.2, 0.25) is 5.91 Å². The monoisotopic (exact) mass is 203 g/mol. The van der Waals surface area contributed by atoms with E-state index in [2.05, 4.69) is 5.32 Å². The predicted molar refractivity (Wildman–Crippen MR) is 44.6 cm³/mol. The zero-order chi connectivity index (χ0) is 10.8. The van der Waals surface area contributed by atoms with Gasteiger partial charge in [-0.3, -0.25) is 4.79 Å². The van der Waals surface area contributed by atoms with Crippen molar-refractivity contribution in [2.45, 2.75) is 18.4 Å². The molecule has 1 amide bonds. The van der Waals surface area contributed by atoms with E-state index in [1.165, 1.54) is 0 Å². The first-order valence-electron chi connectivity index (χ1n) is 4.21. The van der Waals surface area contributed by atoms with Crippen molar-refractivity contribution in [3.05, 3.63) is 0 Å². The molecule has 14 heavy (non-hydrogen) atoms. The maximum atomic E-state index is 12.9. The molecule has 1 heterocycles. The number of hydrogen-bond donors (Lipinski definition) is 1. The number of nitrogens with one attached hydrogen (secondary N) is 1. The first kappa shape index (κ1) is 10.9. The molecule has 1 aliphatic rings. The van der Waals surface area contributed by atoms with Gasteiger partial charge in [-0.2, -0.15) is 5.26 Å². The van der Waals surface area contributed by atoms with Gasteiger partial charge in [0.05, 0.1) is 19.2 Å². The van der Waals surface area contributed by atoms with Crippen molar-refractivity contribution in [1.82, 2.24) is 10.2 Å². The minimum absolute atomic E-state index is 0.0196. The van der Waals surface area contributed by atoms with E-state index >= 15 is 0 Å². The zero-order valence-electron chi connectivity index (χ0n) is 7.76. The molecular formula is C8H11F2N3O. The number of nitriles is 1. The van der Waals surface area contributed by atoms with Crippen LogP contribution in [0.3, 0.4) is 0 Å². The first-order valence-corrected chi connectivity index (χ1v) is 4.21. The lowest BCUT2D eigenvalue weighted by Gasteiger charge is -2.18. The van der Waals surface area contributed by atoms with Gasteiger partial charge in [0.1, 0.15) is 6.04 Å². The largest absolute Gasteiger partial charge is 0.319 e. The molecule has 1 saturated heterocycles. The predicted octanol–water partition coefficient (Wildman–Crippen LogP) is -0.0344. The Balaban J connectivity index is 2.70. The number of carbonyl (C=O) groups is 1. The van der Waals surface area contributed by atoms with Crippen LogP contribution in [-0.4, -0.2) is 42.9 Å². The number of alkyl halides is 2. The minimum Gasteiger partial charge on any atom is -0.319 e. The van der Waals surface area contributed by atoms with E-state index in [0.717, 1.165) is 4.90 Å². The molecule has 0 spiro atoms. The van der Waals surface area contributed by atoms with Gasteiger partial charge in [0.25, 0.3) is 5.92 Å². The lowest BCUT2D eigenvalue weighted by molar-refractivity contribution is -0.131. The Hall–Kier alpha value is -1.22. The van der Waals surface area contributed by atoms with Crippen molar-refractivity contribution in [2.75, 3.05) is 20.1 Å². The summed E-state index contributed by atoms with van der Waals surface area (Å²) in [5.41, 5.74) is 0. The van der Waals surface area contributed by atoms with Gasteiger partial charge in [0, 0.05) is 6.42 Å². The van der Waals surface area contributed by atoms with Gasteiger partial charge >= 0.3 is 0 Å². The fourth-order valence-corrected chi connectivity index (χ4v) is 1.45. The molecule has 1 unspecified atom stereocenters. The molecule has 4 nitrogen and oxygen atoms in total. The molecule has 0 aromatic heterocycles. The summed E-state index contributed by atoms with van der Waals surface area (Å²) in [5, 5.41) is 11.2. The molecule has 0 aromatic rings. The highest BCUT2D eigenvalue weighted by molar-refractivity contribution is 5.79. The van der Waals surface area contributed by atoms with E-state index in [1.54, 1.807) is 13.1 Å². The fourth-order valence-electron chi connectivity index (χ4n) is 1.45. The van der Waals surface area contributed by atoms with Crippen molar-refractivity contribution >= 4 is 5.91 Å². The third kappa shape index (κ3) is 2.17.